The Morgan fingerprint density at radius 2 is 2.14 bits per heavy atom. The molecule has 1 aromatic heterocycles. The fraction of sp³-hybridized carbons (Fsp3) is 0.444. The molecule has 5 nitrogen and oxygen atoms in total. The number of anilines is 1. The van der Waals surface area contributed by atoms with Crippen LogP contribution in [-0.2, 0) is 0 Å². The van der Waals surface area contributed by atoms with Gasteiger partial charge in [-0.15, -0.1) is 0 Å². The Morgan fingerprint density at radius 3 is 2.71 bits per heavy atom. The lowest BCUT2D eigenvalue weighted by Crippen LogP contribution is -2.20. The van der Waals surface area contributed by atoms with Crippen LogP contribution < -0.4 is 5.73 Å². The van der Waals surface area contributed by atoms with E-state index in [4.69, 9.17) is 10.8 Å². The van der Waals surface area contributed by atoms with Crippen molar-refractivity contribution in [1.29, 1.82) is 0 Å². The second-order valence-electron chi connectivity index (χ2n) is 3.03. The Kier molecular flexibility index (Phi) is 3.82. The Morgan fingerprint density at radius 1 is 1.43 bits per heavy atom. The maximum Gasteiger partial charge on any atom is 0.107 e. The molecule has 0 aliphatic heterocycles. The van der Waals surface area contributed by atoms with E-state index in [-0.39, 0.29) is 13.0 Å². The van der Waals surface area contributed by atoms with E-state index in [1.54, 1.807) is 6.07 Å². The van der Waals surface area contributed by atoms with Crippen LogP contribution in [0.2, 0.25) is 0 Å². The molecule has 78 valence electrons. The van der Waals surface area contributed by atoms with Gasteiger partial charge in [0.1, 0.15) is 6.10 Å². The fourth-order valence-corrected chi connectivity index (χ4v) is 1.18. The van der Waals surface area contributed by atoms with Crippen LogP contribution in [0.25, 0.3) is 0 Å². The van der Waals surface area contributed by atoms with Crippen molar-refractivity contribution in [3.8, 4) is 0 Å². The molecule has 5 heteroatoms. The zero-order valence-corrected chi connectivity index (χ0v) is 7.67. The average Bonchev–Trinajstić information content (AvgIpc) is 2.18. The fourth-order valence-electron chi connectivity index (χ4n) is 1.18. The van der Waals surface area contributed by atoms with Crippen molar-refractivity contribution < 1.29 is 15.3 Å². The summed E-state index contributed by atoms with van der Waals surface area (Å²) >= 11 is 0. The highest BCUT2D eigenvalue weighted by Crippen LogP contribution is 2.23. The van der Waals surface area contributed by atoms with E-state index in [1.165, 1.54) is 12.4 Å². The van der Waals surface area contributed by atoms with Crippen LogP contribution in [0.5, 0.6) is 0 Å². The van der Waals surface area contributed by atoms with E-state index in [0.29, 0.717) is 11.3 Å². The van der Waals surface area contributed by atoms with Crippen LogP contribution in [0.1, 0.15) is 18.1 Å². The van der Waals surface area contributed by atoms with Gasteiger partial charge in [0.05, 0.1) is 18.0 Å². The predicted octanol–water partition coefficient (Wildman–Crippen LogP) is -0.560. The van der Waals surface area contributed by atoms with Crippen molar-refractivity contribution in [1.82, 2.24) is 4.98 Å². The number of nitrogen functional groups attached to an aromatic ring is 1. The molecule has 0 spiro atoms. The molecule has 5 N–H and O–H groups in total. The normalized spacial score (nSPS) is 15.1. The van der Waals surface area contributed by atoms with Crippen LogP contribution in [0.15, 0.2) is 18.5 Å². The minimum absolute atomic E-state index is 0.114. The number of pyridine rings is 1. The molecule has 0 amide bonds. The molecular weight excluding hydrogens is 184 g/mol. The molecule has 0 saturated carbocycles. The first kappa shape index (κ1) is 10.9. The summed E-state index contributed by atoms with van der Waals surface area (Å²) in [6.45, 7) is -0.177. The summed E-state index contributed by atoms with van der Waals surface area (Å²) in [4.78, 5) is 3.77. The highest BCUT2D eigenvalue weighted by atomic mass is 16.3. The Labute approximate surface area is 81.8 Å². The van der Waals surface area contributed by atoms with Gasteiger partial charge in [0, 0.05) is 18.4 Å². The summed E-state index contributed by atoms with van der Waals surface area (Å²) in [5.41, 5.74) is 6.32. The maximum absolute atomic E-state index is 9.63. The first-order chi connectivity index (χ1) is 6.66. The summed E-state index contributed by atoms with van der Waals surface area (Å²) in [5.74, 6) is 0. The van der Waals surface area contributed by atoms with E-state index in [9.17, 15) is 10.2 Å². The number of aliphatic hydroxyl groups excluding tert-OH is 3. The van der Waals surface area contributed by atoms with Gasteiger partial charge in [0.15, 0.2) is 0 Å². The van der Waals surface area contributed by atoms with E-state index in [1.807, 2.05) is 0 Å². The SMILES string of the molecule is Nc1cnccc1C(O)C(O)CCO. The van der Waals surface area contributed by atoms with Gasteiger partial charge in [-0.2, -0.15) is 0 Å². The van der Waals surface area contributed by atoms with Gasteiger partial charge in [-0.3, -0.25) is 4.98 Å². The molecule has 0 saturated heterocycles. The lowest BCUT2D eigenvalue weighted by atomic mass is 10.0. The van der Waals surface area contributed by atoms with Crippen molar-refractivity contribution in [3.05, 3.63) is 24.0 Å². The Balaban J connectivity index is 2.78. The van der Waals surface area contributed by atoms with E-state index >= 15 is 0 Å². The molecule has 0 aliphatic carbocycles. The largest absolute Gasteiger partial charge is 0.397 e. The molecule has 0 fully saturated rings. The van der Waals surface area contributed by atoms with Crippen LogP contribution in [0.3, 0.4) is 0 Å². The van der Waals surface area contributed by atoms with Crippen molar-refractivity contribution in [2.45, 2.75) is 18.6 Å². The molecule has 0 radical (unpaired) electrons. The van der Waals surface area contributed by atoms with Crippen molar-refractivity contribution >= 4 is 5.69 Å². The van der Waals surface area contributed by atoms with Crippen LogP contribution >= 0.6 is 0 Å². The third kappa shape index (κ3) is 2.41. The topological polar surface area (TPSA) is 99.6 Å². The van der Waals surface area contributed by atoms with Crippen LogP contribution in [0, 0.1) is 0 Å². The number of aromatic nitrogens is 1. The van der Waals surface area contributed by atoms with Gasteiger partial charge in [-0.1, -0.05) is 0 Å². The molecule has 1 aromatic rings. The van der Waals surface area contributed by atoms with Gasteiger partial charge in [0.25, 0.3) is 0 Å². The van der Waals surface area contributed by atoms with E-state index in [0.717, 1.165) is 0 Å². The zero-order chi connectivity index (χ0) is 10.6. The zero-order valence-electron chi connectivity index (χ0n) is 7.67. The molecule has 0 aromatic carbocycles. The molecular formula is C9H14N2O3. The predicted molar refractivity (Wildman–Crippen MR) is 51.3 cm³/mol. The second-order valence-corrected chi connectivity index (χ2v) is 3.03. The lowest BCUT2D eigenvalue weighted by Gasteiger charge is -2.18. The van der Waals surface area contributed by atoms with Gasteiger partial charge < -0.3 is 21.1 Å². The number of rotatable bonds is 4. The minimum atomic E-state index is -1.08. The van der Waals surface area contributed by atoms with Crippen LogP contribution in [0.4, 0.5) is 5.69 Å². The lowest BCUT2D eigenvalue weighted by molar-refractivity contribution is 0.00457. The Bertz CT molecular complexity index is 293. The molecule has 0 aliphatic rings. The number of nitrogens with zero attached hydrogens (tertiary/aromatic N) is 1. The van der Waals surface area contributed by atoms with E-state index in [2.05, 4.69) is 4.98 Å². The van der Waals surface area contributed by atoms with Gasteiger partial charge >= 0.3 is 0 Å². The molecule has 1 rings (SSSR count). The summed E-state index contributed by atoms with van der Waals surface area (Å²) in [6, 6.07) is 1.54. The standard InChI is InChI=1S/C9H14N2O3/c10-7-5-11-3-1-6(7)9(14)8(13)2-4-12/h1,3,5,8-9,12-14H,2,4,10H2. The average molecular weight is 198 g/mol. The number of nitrogens with two attached hydrogens (primary N) is 1. The van der Waals surface area contributed by atoms with E-state index < -0.39 is 12.2 Å². The minimum Gasteiger partial charge on any atom is -0.397 e. The molecule has 2 unspecified atom stereocenters. The van der Waals surface area contributed by atoms with Gasteiger partial charge in [-0.05, 0) is 12.5 Å². The van der Waals surface area contributed by atoms with Crippen LogP contribution in [-0.4, -0.2) is 33.0 Å². The first-order valence-corrected chi connectivity index (χ1v) is 4.33. The summed E-state index contributed by atoms with van der Waals surface area (Å²) < 4.78 is 0. The third-order valence-corrected chi connectivity index (χ3v) is 2.00. The summed E-state index contributed by atoms with van der Waals surface area (Å²) in [6.07, 6.45) is 0.920. The first-order valence-electron chi connectivity index (χ1n) is 4.33. The molecule has 14 heavy (non-hydrogen) atoms. The van der Waals surface area contributed by atoms with Crippen molar-refractivity contribution in [3.63, 3.8) is 0 Å². The van der Waals surface area contributed by atoms with Crippen molar-refractivity contribution in [2.24, 2.45) is 0 Å². The molecule has 2 atom stereocenters. The smallest absolute Gasteiger partial charge is 0.107 e. The monoisotopic (exact) mass is 198 g/mol. The van der Waals surface area contributed by atoms with Gasteiger partial charge in [-0.25, -0.2) is 0 Å². The highest BCUT2D eigenvalue weighted by Gasteiger charge is 2.19. The molecule has 1 heterocycles. The highest BCUT2D eigenvalue weighted by molar-refractivity contribution is 5.45. The maximum atomic E-state index is 9.63. The van der Waals surface area contributed by atoms with Gasteiger partial charge in [0.2, 0.25) is 0 Å². The molecule has 0 bridgehead atoms. The Hall–Kier alpha value is -1.17. The second kappa shape index (κ2) is 4.90. The number of aliphatic hydroxyl groups is 3. The third-order valence-electron chi connectivity index (χ3n) is 2.00. The summed E-state index contributed by atoms with van der Waals surface area (Å²) in [5, 5.41) is 27.6. The summed E-state index contributed by atoms with van der Waals surface area (Å²) in [7, 11) is 0. The van der Waals surface area contributed by atoms with Crippen molar-refractivity contribution in [2.75, 3.05) is 12.3 Å². The quantitative estimate of drug-likeness (QED) is 0.519. The number of hydrogen-bond donors (Lipinski definition) is 4. The number of hydrogen-bond acceptors (Lipinski definition) is 5.